The summed E-state index contributed by atoms with van der Waals surface area (Å²) >= 11 is 0. The van der Waals surface area contributed by atoms with Gasteiger partial charge in [-0.15, -0.1) is 0 Å². The Hall–Kier alpha value is -3.09. The summed E-state index contributed by atoms with van der Waals surface area (Å²) in [4.78, 5) is 20.6. The van der Waals surface area contributed by atoms with Crippen molar-refractivity contribution in [3.8, 4) is 0 Å². The minimum absolute atomic E-state index is 0.350. The Labute approximate surface area is 130 Å². The lowest BCUT2D eigenvalue weighted by atomic mass is 10.1. The molecule has 3 aromatic rings. The fraction of sp³-hybridized carbons (Fsp3) is 0.125. The average Bonchev–Trinajstić information content (AvgIpc) is 2.97. The molecule has 0 spiro atoms. The Balaban J connectivity index is 1.95. The molecule has 0 N–H and O–H groups in total. The number of nitro groups is 1. The second-order valence-electron chi connectivity index (χ2n) is 5.31. The van der Waals surface area contributed by atoms with E-state index in [1.165, 1.54) is 18.0 Å². The molecule has 0 radical (unpaired) electrons. The third-order valence-electron chi connectivity index (χ3n) is 4.02. The lowest BCUT2D eigenvalue weighted by Crippen LogP contribution is -2.15. The maximum atomic E-state index is 13.8. The van der Waals surface area contributed by atoms with Crippen LogP contribution >= 0.6 is 0 Å². The highest BCUT2D eigenvalue weighted by Crippen LogP contribution is 2.37. The van der Waals surface area contributed by atoms with E-state index in [0.717, 1.165) is 24.7 Å². The molecule has 1 aliphatic rings. The highest BCUT2D eigenvalue weighted by molar-refractivity contribution is 5.93. The first-order valence-electron chi connectivity index (χ1n) is 7.09. The van der Waals surface area contributed by atoms with Gasteiger partial charge in [-0.05, 0) is 18.1 Å². The highest BCUT2D eigenvalue weighted by atomic mass is 19.1. The second kappa shape index (κ2) is 4.98. The lowest BCUT2D eigenvalue weighted by molar-refractivity contribution is -0.387. The van der Waals surface area contributed by atoms with Crippen LogP contribution in [0.4, 0.5) is 21.6 Å². The van der Waals surface area contributed by atoms with Gasteiger partial charge in [0.25, 0.3) is 0 Å². The molecular weight excluding hydrogens is 299 g/mol. The van der Waals surface area contributed by atoms with Crippen LogP contribution in [0.15, 0.2) is 42.7 Å². The van der Waals surface area contributed by atoms with Gasteiger partial charge in [0.15, 0.2) is 0 Å². The van der Waals surface area contributed by atoms with Gasteiger partial charge in [0.1, 0.15) is 12.1 Å². The van der Waals surface area contributed by atoms with Crippen LogP contribution in [-0.4, -0.2) is 21.4 Å². The maximum absolute atomic E-state index is 13.8. The van der Waals surface area contributed by atoms with Crippen molar-refractivity contribution in [2.75, 3.05) is 11.4 Å². The molecule has 0 atom stereocenters. The molecule has 0 bridgehead atoms. The summed E-state index contributed by atoms with van der Waals surface area (Å²) < 4.78 is 13.8. The number of anilines is 2. The topological polar surface area (TPSA) is 72.2 Å². The average molecular weight is 310 g/mol. The maximum Gasteiger partial charge on any atom is 0.305 e. The van der Waals surface area contributed by atoms with Crippen LogP contribution in [0.5, 0.6) is 0 Å². The quantitative estimate of drug-likeness (QED) is 0.536. The first-order valence-corrected chi connectivity index (χ1v) is 7.09. The molecule has 0 unspecified atom stereocenters. The van der Waals surface area contributed by atoms with Gasteiger partial charge in [-0.25, -0.2) is 9.97 Å². The Morgan fingerprint density at radius 3 is 2.87 bits per heavy atom. The van der Waals surface area contributed by atoms with Crippen molar-refractivity contribution in [1.29, 1.82) is 0 Å². The number of aromatic nitrogens is 2. The number of nitro benzene ring substituents is 1. The molecular formula is C16H11FN4O2. The molecule has 0 saturated carbocycles. The number of hydrogen-bond acceptors (Lipinski definition) is 5. The Morgan fingerprint density at radius 2 is 2.04 bits per heavy atom. The standard InChI is InChI=1S/C16H11FN4O2/c17-12-8-13-11(7-15(12)21(22)23)16(19-9-18-13)20-6-5-10-3-1-2-4-14(10)20/h1-4,7-9H,5-6H2. The van der Waals surface area contributed by atoms with Crippen LogP contribution in [0.2, 0.25) is 0 Å². The molecule has 0 amide bonds. The Kier molecular flexibility index (Phi) is 2.94. The smallest absolute Gasteiger partial charge is 0.305 e. The predicted molar refractivity (Wildman–Crippen MR) is 83.3 cm³/mol. The van der Waals surface area contributed by atoms with Crippen molar-refractivity contribution in [3.05, 3.63) is 64.2 Å². The van der Waals surface area contributed by atoms with E-state index in [4.69, 9.17) is 0 Å². The second-order valence-corrected chi connectivity index (χ2v) is 5.31. The molecule has 2 heterocycles. The van der Waals surface area contributed by atoms with E-state index in [0.29, 0.717) is 16.7 Å². The number of benzene rings is 2. The zero-order valence-electron chi connectivity index (χ0n) is 11.9. The first kappa shape index (κ1) is 13.6. The number of nitrogens with zero attached hydrogens (tertiary/aromatic N) is 4. The molecule has 0 fully saturated rings. The van der Waals surface area contributed by atoms with Gasteiger partial charge in [-0.3, -0.25) is 10.1 Å². The van der Waals surface area contributed by atoms with Crippen molar-refractivity contribution in [3.63, 3.8) is 0 Å². The van der Waals surface area contributed by atoms with Gasteiger partial charge in [-0.1, -0.05) is 18.2 Å². The zero-order valence-corrected chi connectivity index (χ0v) is 11.9. The van der Waals surface area contributed by atoms with E-state index in [-0.39, 0.29) is 0 Å². The number of halogens is 1. The molecule has 4 rings (SSSR count). The molecule has 23 heavy (non-hydrogen) atoms. The minimum atomic E-state index is -0.894. The summed E-state index contributed by atoms with van der Waals surface area (Å²) in [6, 6.07) is 10.2. The molecule has 0 saturated heterocycles. The van der Waals surface area contributed by atoms with E-state index < -0.39 is 16.4 Å². The summed E-state index contributed by atoms with van der Waals surface area (Å²) in [7, 11) is 0. The number of fused-ring (bicyclic) bond motifs is 2. The van der Waals surface area contributed by atoms with E-state index in [1.807, 2.05) is 29.2 Å². The Morgan fingerprint density at radius 1 is 1.22 bits per heavy atom. The summed E-state index contributed by atoms with van der Waals surface area (Å²) in [5.74, 6) is -0.336. The monoisotopic (exact) mass is 310 g/mol. The minimum Gasteiger partial charge on any atom is -0.325 e. The summed E-state index contributed by atoms with van der Waals surface area (Å²) in [6.45, 7) is 0.719. The van der Waals surface area contributed by atoms with E-state index in [9.17, 15) is 14.5 Å². The summed E-state index contributed by atoms with van der Waals surface area (Å²) in [5, 5.41) is 11.5. The van der Waals surface area contributed by atoms with Crippen molar-refractivity contribution < 1.29 is 9.31 Å². The number of hydrogen-bond donors (Lipinski definition) is 0. The molecule has 0 aliphatic carbocycles. The molecule has 6 nitrogen and oxygen atoms in total. The molecule has 1 aromatic heterocycles. The molecule has 1 aliphatic heterocycles. The van der Waals surface area contributed by atoms with Crippen LogP contribution in [0.3, 0.4) is 0 Å². The van der Waals surface area contributed by atoms with Crippen molar-refractivity contribution in [2.24, 2.45) is 0 Å². The zero-order chi connectivity index (χ0) is 16.0. The highest BCUT2D eigenvalue weighted by Gasteiger charge is 2.25. The first-order chi connectivity index (χ1) is 11.1. The fourth-order valence-electron chi connectivity index (χ4n) is 2.97. The van der Waals surface area contributed by atoms with Gasteiger partial charge < -0.3 is 4.90 Å². The van der Waals surface area contributed by atoms with E-state index in [2.05, 4.69) is 9.97 Å². The molecule has 2 aromatic carbocycles. The summed E-state index contributed by atoms with van der Waals surface area (Å²) in [6.07, 6.45) is 2.22. The van der Waals surface area contributed by atoms with E-state index >= 15 is 0 Å². The van der Waals surface area contributed by atoms with Crippen LogP contribution < -0.4 is 4.90 Å². The molecule has 114 valence electrons. The van der Waals surface area contributed by atoms with Crippen LogP contribution in [0.1, 0.15) is 5.56 Å². The SMILES string of the molecule is O=[N+]([O-])c1cc2c(N3CCc4ccccc43)ncnc2cc1F. The van der Waals surface area contributed by atoms with Gasteiger partial charge >= 0.3 is 5.69 Å². The van der Waals surface area contributed by atoms with Crippen molar-refractivity contribution in [1.82, 2.24) is 9.97 Å². The number of rotatable bonds is 2. The fourth-order valence-corrected chi connectivity index (χ4v) is 2.97. The third kappa shape index (κ3) is 2.09. The predicted octanol–water partition coefficient (Wildman–Crippen LogP) is 3.37. The van der Waals surface area contributed by atoms with Gasteiger partial charge in [0.2, 0.25) is 5.82 Å². The summed E-state index contributed by atoms with van der Waals surface area (Å²) in [5.41, 5.74) is 1.99. The van der Waals surface area contributed by atoms with Crippen LogP contribution in [0.25, 0.3) is 10.9 Å². The molecule has 7 heteroatoms. The van der Waals surface area contributed by atoms with Crippen molar-refractivity contribution >= 4 is 28.1 Å². The normalized spacial score (nSPS) is 13.3. The number of para-hydroxylation sites is 1. The van der Waals surface area contributed by atoms with Gasteiger partial charge in [0.05, 0.1) is 15.8 Å². The van der Waals surface area contributed by atoms with Crippen molar-refractivity contribution in [2.45, 2.75) is 6.42 Å². The van der Waals surface area contributed by atoms with Crippen LogP contribution in [0, 0.1) is 15.9 Å². The Bertz CT molecular complexity index is 945. The largest absolute Gasteiger partial charge is 0.325 e. The van der Waals surface area contributed by atoms with Gasteiger partial charge in [-0.2, -0.15) is 4.39 Å². The van der Waals surface area contributed by atoms with Crippen LogP contribution in [-0.2, 0) is 6.42 Å². The van der Waals surface area contributed by atoms with E-state index in [1.54, 1.807) is 0 Å². The van der Waals surface area contributed by atoms with Gasteiger partial charge in [0, 0.05) is 24.4 Å². The third-order valence-corrected chi connectivity index (χ3v) is 4.02. The lowest BCUT2D eigenvalue weighted by Gasteiger charge is -2.19.